The standard InChI is InChI=1S/C40H37N5O12/c1-21(46)53-19-30-33(54-22(2)47)34(55-23(3)48)35(56-24(4)49)40(57-30)44-17-29(27-13-9-15-42-37(27)44)32-31(28-16-43-36-26(28)12-8-14-41-36)38(50)45(39(32)51)20-52-18-25-10-6-5-7-11-25/h5-17,30,33-35,40H,18-20H2,1-4H3,(H,41,43)/t30-,33-,34+,35-,40?/m1/s1. The summed E-state index contributed by atoms with van der Waals surface area (Å²) in [5.41, 5.74) is 2.27. The highest BCUT2D eigenvalue weighted by molar-refractivity contribution is 6.50. The van der Waals surface area contributed by atoms with Crippen LogP contribution < -0.4 is 0 Å². The number of fused-ring (bicyclic) bond motifs is 2. The second-order valence-corrected chi connectivity index (χ2v) is 13.3. The maximum atomic E-state index is 14.6. The minimum Gasteiger partial charge on any atom is -0.463 e. The number of nitrogens with one attached hydrogen (secondary N) is 1. The van der Waals surface area contributed by atoms with Gasteiger partial charge in [-0.3, -0.25) is 28.8 Å². The van der Waals surface area contributed by atoms with Crippen LogP contribution in [0.3, 0.4) is 0 Å². The fourth-order valence-electron chi connectivity index (χ4n) is 7.09. The summed E-state index contributed by atoms with van der Waals surface area (Å²) >= 11 is 0. The van der Waals surface area contributed by atoms with Crippen LogP contribution in [0.1, 0.15) is 50.6 Å². The number of amides is 2. The molecule has 1 fully saturated rings. The molecule has 1 saturated heterocycles. The summed E-state index contributed by atoms with van der Waals surface area (Å²) in [7, 11) is 0. The number of aromatic amines is 1. The number of hydrogen-bond acceptors (Lipinski definition) is 14. The highest BCUT2D eigenvalue weighted by atomic mass is 16.7. The van der Waals surface area contributed by atoms with Gasteiger partial charge in [0.1, 0.15) is 30.7 Å². The summed E-state index contributed by atoms with van der Waals surface area (Å²) in [5.74, 6) is -4.33. The summed E-state index contributed by atoms with van der Waals surface area (Å²) in [6, 6.07) is 16.1. The number of carbonyl (C=O) groups excluding carboxylic acids is 6. The Kier molecular flexibility index (Phi) is 10.9. The quantitative estimate of drug-likeness (QED) is 0.109. The average molecular weight is 780 g/mol. The molecule has 1 aromatic carbocycles. The van der Waals surface area contributed by atoms with Crippen LogP contribution in [0.25, 0.3) is 33.2 Å². The molecule has 0 aliphatic carbocycles. The number of nitrogens with zero attached hydrogens (tertiary/aromatic N) is 4. The van der Waals surface area contributed by atoms with Crippen molar-refractivity contribution >= 4 is 68.9 Å². The van der Waals surface area contributed by atoms with Crippen molar-refractivity contribution in [2.24, 2.45) is 0 Å². The van der Waals surface area contributed by atoms with E-state index < -0.39 is 72.9 Å². The molecule has 2 aliphatic rings. The molecule has 1 unspecified atom stereocenters. The smallest absolute Gasteiger partial charge is 0.303 e. The van der Waals surface area contributed by atoms with Gasteiger partial charge in [0.2, 0.25) is 0 Å². The van der Waals surface area contributed by atoms with Crippen LogP contribution >= 0.6 is 0 Å². The monoisotopic (exact) mass is 779 g/mol. The minimum absolute atomic E-state index is 0.00967. The SMILES string of the molecule is CC(=O)OC[C@H]1OC(n2cc(C3=C(c4c[nH]c5ncccc45)C(=O)N(COCc4ccccc4)C3=O)c3cccnc32)[C@H](OC(C)=O)[C@@H](OC(C)=O)[C@@H]1OC(C)=O. The van der Waals surface area contributed by atoms with E-state index in [1.54, 1.807) is 36.7 Å². The van der Waals surface area contributed by atoms with Crippen molar-refractivity contribution in [2.45, 2.75) is 64.9 Å². The summed E-state index contributed by atoms with van der Waals surface area (Å²) in [6.45, 7) is 3.87. The topological polar surface area (TPSA) is 208 Å². The second kappa shape index (κ2) is 16.2. The third kappa shape index (κ3) is 7.74. The van der Waals surface area contributed by atoms with Gasteiger partial charge in [0.25, 0.3) is 11.8 Å². The van der Waals surface area contributed by atoms with E-state index in [4.69, 9.17) is 28.4 Å². The molecule has 5 aromatic rings. The highest BCUT2D eigenvalue weighted by Gasteiger charge is 2.53. The van der Waals surface area contributed by atoms with E-state index in [9.17, 15) is 28.8 Å². The van der Waals surface area contributed by atoms with Gasteiger partial charge in [-0.05, 0) is 29.8 Å². The van der Waals surface area contributed by atoms with E-state index in [0.29, 0.717) is 22.0 Å². The zero-order valence-corrected chi connectivity index (χ0v) is 31.2. The molecule has 4 aromatic heterocycles. The lowest BCUT2D eigenvalue weighted by Gasteiger charge is -2.44. The van der Waals surface area contributed by atoms with Crippen LogP contribution in [0, 0.1) is 0 Å². The predicted octanol–water partition coefficient (Wildman–Crippen LogP) is 3.62. The molecule has 57 heavy (non-hydrogen) atoms. The third-order valence-corrected chi connectivity index (χ3v) is 9.32. The minimum atomic E-state index is -1.48. The number of benzene rings is 1. The van der Waals surface area contributed by atoms with E-state index in [0.717, 1.165) is 31.2 Å². The number of rotatable bonds is 12. The Hall–Kier alpha value is -6.72. The first-order valence-corrected chi connectivity index (χ1v) is 17.8. The molecular weight excluding hydrogens is 742 g/mol. The first kappa shape index (κ1) is 38.6. The van der Waals surface area contributed by atoms with Crippen molar-refractivity contribution in [3.05, 3.63) is 96.1 Å². The fraction of sp³-hybridized carbons (Fsp3) is 0.300. The first-order valence-electron chi connectivity index (χ1n) is 17.8. The van der Waals surface area contributed by atoms with Gasteiger partial charge in [0.05, 0.1) is 17.8 Å². The zero-order valence-electron chi connectivity index (χ0n) is 31.2. The fourth-order valence-corrected chi connectivity index (χ4v) is 7.09. The summed E-state index contributed by atoms with van der Waals surface area (Å²) < 4.78 is 36.0. The van der Waals surface area contributed by atoms with Crippen molar-refractivity contribution < 1.29 is 57.2 Å². The van der Waals surface area contributed by atoms with Crippen LogP contribution in [0.5, 0.6) is 0 Å². The van der Waals surface area contributed by atoms with Gasteiger partial charge in [0, 0.05) is 74.4 Å². The lowest BCUT2D eigenvalue weighted by molar-refractivity contribution is -0.267. The maximum Gasteiger partial charge on any atom is 0.303 e. The average Bonchev–Trinajstić information content (AvgIpc) is 3.84. The molecule has 7 rings (SSSR count). The molecule has 1 N–H and O–H groups in total. The Balaban J connectivity index is 1.39. The summed E-state index contributed by atoms with van der Waals surface area (Å²) in [4.78, 5) is 91.6. The van der Waals surface area contributed by atoms with Crippen molar-refractivity contribution in [2.75, 3.05) is 13.3 Å². The number of carbonyl (C=O) groups is 6. The molecule has 6 heterocycles. The van der Waals surface area contributed by atoms with Crippen molar-refractivity contribution in [1.82, 2.24) is 24.4 Å². The number of ether oxygens (including phenoxy) is 6. The normalized spacial score (nSPS) is 20.9. The van der Waals surface area contributed by atoms with Gasteiger partial charge in [-0.2, -0.15) is 0 Å². The molecule has 0 saturated carbocycles. The zero-order chi connectivity index (χ0) is 40.4. The van der Waals surface area contributed by atoms with Crippen LogP contribution in [-0.2, 0) is 63.8 Å². The third-order valence-electron chi connectivity index (χ3n) is 9.32. The van der Waals surface area contributed by atoms with Gasteiger partial charge in [-0.1, -0.05) is 30.3 Å². The van der Waals surface area contributed by atoms with Crippen LogP contribution in [0.2, 0.25) is 0 Å². The Bertz CT molecular complexity index is 2420. The lowest BCUT2D eigenvalue weighted by atomic mass is 9.96. The number of pyridine rings is 2. The highest BCUT2D eigenvalue weighted by Crippen LogP contribution is 2.43. The van der Waals surface area contributed by atoms with E-state index in [1.165, 1.54) is 23.9 Å². The van der Waals surface area contributed by atoms with Crippen molar-refractivity contribution in [1.29, 1.82) is 0 Å². The molecule has 17 nitrogen and oxygen atoms in total. The van der Waals surface area contributed by atoms with Gasteiger partial charge in [0.15, 0.2) is 24.5 Å². The van der Waals surface area contributed by atoms with Crippen molar-refractivity contribution in [3.63, 3.8) is 0 Å². The molecule has 5 atom stereocenters. The largest absolute Gasteiger partial charge is 0.463 e. The molecule has 2 aliphatic heterocycles. The van der Waals surface area contributed by atoms with Crippen LogP contribution in [0.4, 0.5) is 0 Å². The Labute approximate surface area is 324 Å². The summed E-state index contributed by atoms with van der Waals surface area (Å²) in [6.07, 6.45) is -0.810. The van der Waals surface area contributed by atoms with E-state index in [2.05, 4.69) is 15.0 Å². The molecule has 294 valence electrons. The lowest BCUT2D eigenvalue weighted by Crippen LogP contribution is -2.60. The van der Waals surface area contributed by atoms with Gasteiger partial charge in [-0.25, -0.2) is 14.9 Å². The number of hydrogen-bond donors (Lipinski definition) is 1. The second-order valence-electron chi connectivity index (χ2n) is 13.3. The summed E-state index contributed by atoms with van der Waals surface area (Å²) in [5, 5.41) is 0.976. The van der Waals surface area contributed by atoms with Gasteiger partial charge >= 0.3 is 23.9 Å². The number of H-pyrrole nitrogens is 1. The number of aromatic nitrogens is 4. The molecule has 0 radical (unpaired) electrons. The number of imide groups is 1. The van der Waals surface area contributed by atoms with E-state index in [-0.39, 0.29) is 35.7 Å². The maximum absolute atomic E-state index is 14.6. The van der Waals surface area contributed by atoms with E-state index >= 15 is 0 Å². The van der Waals surface area contributed by atoms with Crippen molar-refractivity contribution in [3.8, 4) is 0 Å². The van der Waals surface area contributed by atoms with Gasteiger partial charge in [-0.15, -0.1) is 0 Å². The Morgan fingerprint density at radius 3 is 2.05 bits per heavy atom. The first-order chi connectivity index (χ1) is 27.4. The Morgan fingerprint density at radius 2 is 1.37 bits per heavy atom. The van der Waals surface area contributed by atoms with Crippen LogP contribution in [0.15, 0.2) is 79.4 Å². The number of esters is 4. The van der Waals surface area contributed by atoms with E-state index in [1.807, 2.05) is 30.3 Å². The predicted molar refractivity (Wildman–Crippen MR) is 198 cm³/mol. The van der Waals surface area contributed by atoms with Crippen LogP contribution in [-0.4, -0.2) is 97.9 Å². The molecule has 0 spiro atoms. The molecule has 17 heteroatoms. The molecule has 0 bridgehead atoms. The van der Waals surface area contributed by atoms with Gasteiger partial charge < -0.3 is 38.0 Å². The Morgan fingerprint density at radius 1 is 0.737 bits per heavy atom. The molecular formula is C40H37N5O12. The molecule has 2 amide bonds.